The molecule has 21 heavy (non-hydrogen) atoms. The van der Waals surface area contributed by atoms with Crippen LogP contribution >= 0.6 is 0 Å². The van der Waals surface area contributed by atoms with Crippen LogP contribution < -0.4 is 16.7 Å². The van der Waals surface area contributed by atoms with Crippen molar-refractivity contribution in [3.63, 3.8) is 0 Å². The van der Waals surface area contributed by atoms with E-state index in [1.807, 2.05) is 6.92 Å². The fourth-order valence-electron chi connectivity index (χ4n) is 2.88. The minimum atomic E-state index is -0.539. The summed E-state index contributed by atoms with van der Waals surface area (Å²) in [4.78, 5) is 30.3. The summed E-state index contributed by atoms with van der Waals surface area (Å²) >= 11 is 0. The maximum atomic E-state index is 11.9. The molecule has 1 saturated carbocycles. The van der Waals surface area contributed by atoms with E-state index in [2.05, 4.69) is 15.3 Å². The van der Waals surface area contributed by atoms with Crippen LogP contribution in [0, 0.1) is 5.92 Å². The van der Waals surface area contributed by atoms with Gasteiger partial charge in [-0.05, 0) is 52.4 Å². The topological polar surface area (TPSA) is 100 Å². The van der Waals surface area contributed by atoms with E-state index >= 15 is 0 Å². The minimum absolute atomic E-state index is 0.0925. The standard InChI is InChI=1S/C14H24N4O3/c1-8(2)18-13(20)16-12(17-14(18)21)15-9(3)10-4-6-11(19)7-5-10/h8-11,19H,4-7H2,1-3H3,(H2,15,16,17,20,21). The summed E-state index contributed by atoms with van der Waals surface area (Å²) in [6, 6.07) is -0.130. The van der Waals surface area contributed by atoms with Gasteiger partial charge in [-0.3, -0.25) is 4.98 Å². The molecule has 7 nitrogen and oxygen atoms in total. The van der Waals surface area contributed by atoms with Crippen molar-refractivity contribution in [3.05, 3.63) is 21.0 Å². The van der Waals surface area contributed by atoms with Gasteiger partial charge in [-0.2, -0.15) is 4.98 Å². The second-order valence-corrected chi connectivity index (χ2v) is 6.14. The number of rotatable bonds is 4. The summed E-state index contributed by atoms with van der Waals surface area (Å²) < 4.78 is 1.09. The summed E-state index contributed by atoms with van der Waals surface area (Å²) in [6.45, 7) is 5.54. The lowest BCUT2D eigenvalue weighted by molar-refractivity contribution is 0.105. The van der Waals surface area contributed by atoms with Gasteiger partial charge < -0.3 is 10.4 Å². The Hall–Kier alpha value is -1.63. The van der Waals surface area contributed by atoms with Crippen LogP contribution in [0.3, 0.4) is 0 Å². The molecule has 0 spiro atoms. The largest absolute Gasteiger partial charge is 0.393 e. The molecule has 0 bridgehead atoms. The average Bonchev–Trinajstić information content (AvgIpc) is 2.37. The third kappa shape index (κ3) is 3.72. The third-order valence-corrected chi connectivity index (χ3v) is 4.19. The van der Waals surface area contributed by atoms with Crippen molar-refractivity contribution >= 4 is 5.95 Å². The van der Waals surface area contributed by atoms with Crippen LogP contribution in [0.25, 0.3) is 0 Å². The third-order valence-electron chi connectivity index (χ3n) is 4.19. The number of anilines is 1. The van der Waals surface area contributed by atoms with E-state index in [1.165, 1.54) is 0 Å². The molecule has 1 aliphatic rings. The van der Waals surface area contributed by atoms with E-state index in [9.17, 15) is 14.7 Å². The highest BCUT2D eigenvalue weighted by atomic mass is 16.3. The number of H-pyrrole nitrogens is 1. The first-order valence-corrected chi connectivity index (χ1v) is 7.56. The van der Waals surface area contributed by atoms with Gasteiger partial charge in [0.25, 0.3) is 0 Å². The van der Waals surface area contributed by atoms with E-state index < -0.39 is 11.4 Å². The van der Waals surface area contributed by atoms with Gasteiger partial charge >= 0.3 is 11.4 Å². The van der Waals surface area contributed by atoms with E-state index in [-0.39, 0.29) is 24.1 Å². The fourth-order valence-corrected chi connectivity index (χ4v) is 2.88. The molecule has 3 N–H and O–H groups in total. The molecule has 0 aliphatic heterocycles. The molecule has 0 radical (unpaired) electrons. The molecule has 1 aromatic heterocycles. The van der Waals surface area contributed by atoms with Crippen molar-refractivity contribution in [1.82, 2.24) is 14.5 Å². The second kappa shape index (κ2) is 6.43. The second-order valence-electron chi connectivity index (χ2n) is 6.14. The predicted octanol–water partition coefficient (Wildman–Crippen LogP) is 0.864. The Kier molecular flexibility index (Phi) is 4.82. The van der Waals surface area contributed by atoms with Crippen molar-refractivity contribution in [2.45, 2.75) is 64.6 Å². The Morgan fingerprint density at radius 2 is 1.86 bits per heavy atom. The maximum Gasteiger partial charge on any atom is 0.355 e. The Morgan fingerprint density at radius 1 is 1.24 bits per heavy atom. The van der Waals surface area contributed by atoms with Gasteiger partial charge in [0.2, 0.25) is 5.95 Å². The highest BCUT2D eigenvalue weighted by molar-refractivity contribution is 5.23. The molecule has 118 valence electrons. The fraction of sp³-hybridized carbons (Fsp3) is 0.786. The molecular formula is C14H24N4O3. The number of hydrogen-bond donors (Lipinski definition) is 3. The van der Waals surface area contributed by atoms with Crippen LogP contribution in [0.15, 0.2) is 9.59 Å². The molecule has 1 aromatic rings. The summed E-state index contributed by atoms with van der Waals surface area (Å²) in [5.41, 5.74) is -0.985. The highest BCUT2D eigenvalue weighted by Crippen LogP contribution is 2.27. The molecule has 0 amide bonds. The van der Waals surface area contributed by atoms with Gasteiger partial charge in [0, 0.05) is 12.1 Å². The van der Waals surface area contributed by atoms with Crippen LogP contribution in [0.4, 0.5) is 5.95 Å². The normalized spacial score (nSPS) is 24.0. The first-order valence-electron chi connectivity index (χ1n) is 7.56. The van der Waals surface area contributed by atoms with Crippen LogP contribution in [0.2, 0.25) is 0 Å². The van der Waals surface area contributed by atoms with Gasteiger partial charge in [0.05, 0.1) is 6.10 Å². The van der Waals surface area contributed by atoms with Gasteiger partial charge in [0.1, 0.15) is 0 Å². The van der Waals surface area contributed by atoms with Crippen LogP contribution in [-0.4, -0.2) is 31.8 Å². The Labute approximate surface area is 123 Å². The minimum Gasteiger partial charge on any atom is -0.393 e. The van der Waals surface area contributed by atoms with E-state index in [1.54, 1.807) is 13.8 Å². The SMILES string of the molecule is CC(Nc1nc(=O)n(C(C)C)c(=O)[nH]1)C1CCC(O)CC1. The van der Waals surface area contributed by atoms with Gasteiger partial charge in [0.15, 0.2) is 0 Å². The predicted molar refractivity (Wildman–Crippen MR) is 80.6 cm³/mol. The summed E-state index contributed by atoms with van der Waals surface area (Å²) in [7, 11) is 0. The number of aromatic amines is 1. The van der Waals surface area contributed by atoms with E-state index in [0.29, 0.717) is 5.92 Å². The quantitative estimate of drug-likeness (QED) is 0.765. The zero-order chi connectivity index (χ0) is 15.6. The average molecular weight is 296 g/mol. The molecule has 1 unspecified atom stereocenters. The molecule has 0 aromatic carbocycles. The monoisotopic (exact) mass is 296 g/mol. The zero-order valence-electron chi connectivity index (χ0n) is 12.8. The molecule has 7 heteroatoms. The van der Waals surface area contributed by atoms with Gasteiger partial charge in [-0.1, -0.05) is 0 Å². The van der Waals surface area contributed by atoms with Crippen molar-refractivity contribution in [3.8, 4) is 0 Å². The van der Waals surface area contributed by atoms with Crippen molar-refractivity contribution in [2.75, 3.05) is 5.32 Å². The number of nitrogens with zero attached hydrogens (tertiary/aromatic N) is 2. The lowest BCUT2D eigenvalue weighted by Crippen LogP contribution is -2.40. The molecule has 1 atom stereocenters. The number of aromatic nitrogens is 3. The first-order chi connectivity index (χ1) is 9.88. The number of aliphatic hydroxyl groups excluding tert-OH is 1. The number of nitrogens with one attached hydrogen (secondary N) is 2. The molecule has 1 aliphatic carbocycles. The molecule has 2 rings (SSSR count). The van der Waals surface area contributed by atoms with Crippen LogP contribution in [-0.2, 0) is 0 Å². The molecular weight excluding hydrogens is 272 g/mol. The lowest BCUT2D eigenvalue weighted by atomic mass is 9.83. The first kappa shape index (κ1) is 15.8. The smallest absolute Gasteiger partial charge is 0.355 e. The summed E-state index contributed by atoms with van der Waals surface area (Å²) in [5.74, 6) is 0.631. The van der Waals surface area contributed by atoms with Crippen LogP contribution in [0.5, 0.6) is 0 Å². The maximum absolute atomic E-state index is 11.9. The molecule has 0 saturated heterocycles. The lowest BCUT2D eigenvalue weighted by Gasteiger charge is -2.30. The summed E-state index contributed by atoms with van der Waals surface area (Å²) in [6.07, 6.45) is 3.28. The summed E-state index contributed by atoms with van der Waals surface area (Å²) in [5, 5.41) is 12.6. The molecule has 1 fully saturated rings. The van der Waals surface area contributed by atoms with E-state index in [4.69, 9.17) is 0 Å². The Bertz CT molecular complexity index is 553. The Morgan fingerprint density at radius 3 is 2.38 bits per heavy atom. The van der Waals surface area contributed by atoms with Crippen molar-refractivity contribution < 1.29 is 5.11 Å². The van der Waals surface area contributed by atoms with E-state index in [0.717, 1.165) is 30.3 Å². The van der Waals surface area contributed by atoms with Crippen molar-refractivity contribution in [2.24, 2.45) is 5.92 Å². The number of hydrogen-bond acceptors (Lipinski definition) is 5. The number of aliphatic hydroxyl groups is 1. The van der Waals surface area contributed by atoms with Gasteiger partial charge in [-0.25, -0.2) is 14.2 Å². The Balaban J connectivity index is 2.10. The zero-order valence-corrected chi connectivity index (χ0v) is 12.8. The van der Waals surface area contributed by atoms with Gasteiger partial charge in [-0.15, -0.1) is 0 Å². The van der Waals surface area contributed by atoms with Crippen molar-refractivity contribution in [1.29, 1.82) is 0 Å². The van der Waals surface area contributed by atoms with Crippen LogP contribution in [0.1, 0.15) is 52.5 Å². The highest BCUT2D eigenvalue weighted by Gasteiger charge is 2.24. The molecule has 1 heterocycles.